The number of imidazole rings is 1. The molecule has 1 saturated heterocycles. The fraction of sp³-hybridized carbons (Fsp3) is 0.474. The Morgan fingerprint density at radius 2 is 1.92 bits per heavy atom. The number of amides is 1. The number of hydrogen-bond acceptors (Lipinski definition) is 4. The van der Waals surface area contributed by atoms with Crippen molar-refractivity contribution in [1.82, 2.24) is 14.5 Å². The van der Waals surface area contributed by atoms with Gasteiger partial charge in [0.1, 0.15) is 0 Å². The largest absolute Gasteiger partial charge is 0.329 e. The van der Waals surface area contributed by atoms with E-state index in [0.717, 1.165) is 55.2 Å². The minimum Gasteiger partial charge on any atom is -0.329 e. The second kappa shape index (κ2) is 7.80. The van der Waals surface area contributed by atoms with Crippen LogP contribution in [0.1, 0.15) is 24.2 Å². The number of nitrogens with two attached hydrogens (primary N) is 1. The maximum absolute atomic E-state index is 12.5. The van der Waals surface area contributed by atoms with Crippen molar-refractivity contribution in [3.05, 3.63) is 42.0 Å². The molecule has 1 amide bonds. The highest BCUT2D eigenvalue weighted by molar-refractivity contribution is 5.92. The third kappa shape index (κ3) is 4.08. The average molecular weight is 341 g/mol. The van der Waals surface area contributed by atoms with Crippen molar-refractivity contribution < 1.29 is 4.79 Å². The molecular formula is C19H27N5O. The van der Waals surface area contributed by atoms with Crippen molar-refractivity contribution in [1.29, 1.82) is 0 Å². The van der Waals surface area contributed by atoms with Crippen LogP contribution in [0.2, 0.25) is 0 Å². The number of aryl methyl sites for hydroxylation is 1. The van der Waals surface area contributed by atoms with Crippen molar-refractivity contribution in [3.63, 3.8) is 0 Å². The molecule has 1 aromatic carbocycles. The smallest absolute Gasteiger partial charge is 0.227 e. The number of nitrogens with one attached hydrogen (secondary N) is 1. The van der Waals surface area contributed by atoms with Crippen LogP contribution < -0.4 is 11.1 Å². The second-order valence-corrected chi connectivity index (χ2v) is 6.73. The number of anilines is 1. The van der Waals surface area contributed by atoms with E-state index in [9.17, 15) is 4.79 Å². The number of likely N-dealkylation sites (tertiary alicyclic amines) is 1. The summed E-state index contributed by atoms with van der Waals surface area (Å²) < 4.78 is 2.05. The zero-order valence-corrected chi connectivity index (χ0v) is 15.0. The first-order chi connectivity index (χ1) is 12.1. The van der Waals surface area contributed by atoms with E-state index in [2.05, 4.69) is 22.1 Å². The molecule has 0 aliphatic carbocycles. The minimum atomic E-state index is 0.0900. The van der Waals surface area contributed by atoms with Gasteiger partial charge in [0, 0.05) is 36.1 Å². The second-order valence-electron chi connectivity index (χ2n) is 6.73. The molecule has 0 unspecified atom stereocenters. The van der Waals surface area contributed by atoms with E-state index in [1.54, 1.807) is 0 Å². The van der Waals surface area contributed by atoms with Crippen molar-refractivity contribution in [2.45, 2.75) is 26.7 Å². The van der Waals surface area contributed by atoms with Gasteiger partial charge in [0.05, 0.1) is 12.0 Å². The Hall–Kier alpha value is -2.18. The molecule has 1 fully saturated rings. The van der Waals surface area contributed by atoms with Crippen molar-refractivity contribution >= 4 is 11.6 Å². The van der Waals surface area contributed by atoms with E-state index in [4.69, 9.17) is 5.73 Å². The first-order valence-electron chi connectivity index (χ1n) is 8.92. The average Bonchev–Trinajstić information content (AvgIpc) is 2.96. The van der Waals surface area contributed by atoms with Crippen LogP contribution in [0.5, 0.6) is 0 Å². The van der Waals surface area contributed by atoms with E-state index in [-0.39, 0.29) is 11.8 Å². The molecule has 6 heteroatoms. The van der Waals surface area contributed by atoms with Gasteiger partial charge in [0.25, 0.3) is 0 Å². The summed E-state index contributed by atoms with van der Waals surface area (Å²) in [5.41, 5.74) is 9.63. The lowest BCUT2D eigenvalue weighted by molar-refractivity contribution is -0.121. The van der Waals surface area contributed by atoms with Crippen LogP contribution in [-0.4, -0.2) is 46.5 Å². The number of nitrogens with zero attached hydrogens (tertiary/aromatic N) is 3. The maximum Gasteiger partial charge on any atom is 0.227 e. The zero-order valence-electron chi connectivity index (χ0n) is 15.0. The molecule has 1 aliphatic heterocycles. The topological polar surface area (TPSA) is 76.2 Å². The van der Waals surface area contributed by atoms with Gasteiger partial charge in [-0.25, -0.2) is 4.98 Å². The molecule has 0 spiro atoms. The summed E-state index contributed by atoms with van der Waals surface area (Å²) >= 11 is 0. The zero-order chi connectivity index (χ0) is 17.8. The van der Waals surface area contributed by atoms with Gasteiger partial charge in [0.15, 0.2) is 0 Å². The Morgan fingerprint density at radius 3 is 2.48 bits per heavy atom. The van der Waals surface area contributed by atoms with Crippen LogP contribution in [0, 0.1) is 19.8 Å². The van der Waals surface area contributed by atoms with E-state index in [1.807, 2.05) is 42.1 Å². The fourth-order valence-electron chi connectivity index (χ4n) is 3.31. The Balaban J connectivity index is 1.58. The molecule has 2 aromatic rings. The van der Waals surface area contributed by atoms with Crippen molar-refractivity contribution in [3.8, 4) is 5.69 Å². The molecule has 0 bridgehead atoms. The van der Waals surface area contributed by atoms with Gasteiger partial charge >= 0.3 is 0 Å². The van der Waals surface area contributed by atoms with Gasteiger partial charge in [-0.05, 0) is 64.0 Å². The first kappa shape index (κ1) is 17.6. The van der Waals surface area contributed by atoms with Crippen LogP contribution in [0.3, 0.4) is 0 Å². The van der Waals surface area contributed by atoms with Crippen molar-refractivity contribution in [2.75, 3.05) is 31.5 Å². The summed E-state index contributed by atoms with van der Waals surface area (Å²) in [6, 6.07) is 7.91. The first-order valence-corrected chi connectivity index (χ1v) is 8.92. The summed E-state index contributed by atoms with van der Waals surface area (Å²) in [5, 5.41) is 3.05. The number of carbonyl (C=O) groups is 1. The Kier molecular flexibility index (Phi) is 5.50. The fourth-order valence-corrected chi connectivity index (χ4v) is 3.31. The lowest BCUT2D eigenvalue weighted by atomic mass is 9.96. The van der Waals surface area contributed by atoms with Crippen LogP contribution >= 0.6 is 0 Å². The van der Waals surface area contributed by atoms with Gasteiger partial charge in [-0.3, -0.25) is 4.79 Å². The Morgan fingerprint density at radius 1 is 1.24 bits per heavy atom. The number of aromatic nitrogens is 2. The van der Waals surface area contributed by atoms with Crippen LogP contribution in [0.15, 0.2) is 30.6 Å². The van der Waals surface area contributed by atoms with E-state index in [0.29, 0.717) is 6.54 Å². The molecule has 25 heavy (non-hydrogen) atoms. The minimum absolute atomic E-state index is 0.0900. The normalized spacial score (nSPS) is 16.1. The SMILES string of the molecule is Cc1ncn(-c2ccc(NC(=O)C3CCN(CCN)CC3)cc2)c1C. The van der Waals surface area contributed by atoms with Gasteiger partial charge in [-0.1, -0.05) is 0 Å². The quantitative estimate of drug-likeness (QED) is 0.873. The molecule has 0 saturated carbocycles. The molecule has 3 N–H and O–H groups in total. The maximum atomic E-state index is 12.5. The third-order valence-corrected chi connectivity index (χ3v) is 5.07. The van der Waals surface area contributed by atoms with Crippen LogP contribution in [0.25, 0.3) is 5.69 Å². The predicted molar refractivity (Wildman–Crippen MR) is 99.9 cm³/mol. The van der Waals surface area contributed by atoms with Gasteiger partial charge in [-0.15, -0.1) is 0 Å². The summed E-state index contributed by atoms with van der Waals surface area (Å²) in [4.78, 5) is 19.1. The van der Waals surface area contributed by atoms with E-state index in [1.165, 1.54) is 0 Å². The lowest BCUT2D eigenvalue weighted by Crippen LogP contribution is -2.40. The van der Waals surface area contributed by atoms with Gasteiger partial charge < -0.3 is 20.5 Å². The molecular weight excluding hydrogens is 314 g/mol. The summed E-state index contributed by atoms with van der Waals surface area (Å²) in [7, 11) is 0. The molecule has 0 atom stereocenters. The third-order valence-electron chi connectivity index (χ3n) is 5.07. The molecule has 3 rings (SSSR count). The highest BCUT2D eigenvalue weighted by atomic mass is 16.1. The lowest BCUT2D eigenvalue weighted by Gasteiger charge is -2.30. The number of rotatable bonds is 5. The van der Waals surface area contributed by atoms with E-state index >= 15 is 0 Å². The Labute approximate surface area is 149 Å². The summed E-state index contributed by atoms with van der Waals surface area (Å²) in [6.45, 7) is 7.55. The molecule has 1 aromatic heterocycles. The molecule has 1 aliphatic rings. The number of benzene rings is 1. The van der Waals surface area contributed by atoms with Crippen molar-refractivity contribution in [2.24, 2.45) is 11.7 Å². The van der Waals surface area contributed by atoms with Crippen LogP contribution in [-0.2, 0) is 4.79 Å². The van der Waals surface area contributed by atoms with Crippen LogP contribution in [0.4, 0.5) is 5.69 Å². The highest BCUT2D eigenvalue weighted by Gasteiger charge is 2.24. The molecule has 2 heterocycles. The number of carbonyl (C=O) groups excluding carboxylic acids is 1. The monoisotopic (exact) mass is 341 g/mol. The Bertz CT molecular complexity index is 714. The van der Waals surface area contributed by atoms with Gasteiger partial charge in [-0.2, -0.15) is 0 Å². The standard InChI is InChI=1S/C19H27N5O/c1-14-15(2)24(13-21-14)18-5-3-17(4-6-18)22-19(25)16-7-10-23(11-8-16)12-9-20/h3-6,13,16H,7-12,20H2,1-2H3,(H,22,25). The van der Waals surface area contributed by atoms with Gasteiger partial charge in [0.2, 0.25) is 5.91 Å². The molecule has 0 radical (unpaired) electrons. The summed E-state index contributed by atoms with van der Waals surface area (Å²) in [5.74, 6) is 0.210. The van der Waals surface area contributed by atoms with E-state index < -0.39 is 0 Å². The summed E-state index contributed by atoms with van der Waals surface area (Å²) in [6.07, 6.45) is 3.63. The predicted octanol–water partition coefficient (Wildman–Crippen LogP) is 2.10. The number of hydrogen-bond donors (Lipinski definition) is 2. The number of piperidine rings is 1. The molecule has 6 nitrogen and oxygen atoms in total. The molecule has 134 valence electrons. The highest BCUT2D eigenvalue weighted by Crippen LogP contribution is 2.21.